The number of carbonyl (C=O) groups excluding carboxylic acids is 1. The first kappa shape index (κ1) is 35.7. The number of imidazole rings is 2. The third-order valence-electron chi connectivity index (χ3n) is 10.5. The van der Waals surface area contributed by atoms with Crippen molar-refractivity contribution in [2.75, 3.05) is 84.5 Å². The number of fused-ring (bicyclic) bond motifs is 2. The summed E-state index contributed by atoms with van der Waals surface area (Å²) in [5.41, 5.74) is 7.96. The highest BCUT2D eigenvalue weighted by molar-refractivity contribution is 5.87. The second kappa shape index (κ2) is 16.4. The molecule has 3 aromatic carbocycles. The van der Waals surface area contributed by atoms with Crippen LogP contribution in [0.5, 0.6) is 5.75 Å². The van der Waals surface area contributed by atoms with Crippen LogP contribution in [0, 0.1) is 0 Å². The zero-order chi connectivity index (χ0) is 36.9. The third-order valence-corrected chi connectivity index (χ3v) is 10.5. The summed E-state index contributed by atoms with van der Waals surface area (Å²) in [6.07, 6.45) is 3.85. The summed E-state index contributed by atoms with van der Waals surface area (Å²) < 4.78 is 7.90. The normalized spacial score (nSPS) is 16.1. The molecule has 282 valence electrons. The standard InChI is InChI=1S/C40H50N12O2/c1-48-15-19-50(20-16-48)27-31-28-52(47-46-31)14-5-13-41-38(53)8-4-23-54-33-7-3-6-29(24-33)39-42-34-11-9-30(25-36(34)44-39)40-43-35-12-10-32(26-37(35)45-40)51-21-17-49(2)18-22-51/h3,6-7,9-12,24-26,28H,4-5,8,13-23,27H2,1-2H3,(H,41,53)(H,42,44)(H,43,45). The predicted molar refractivity (Wildman–Crippen MR) is 211 cm³/mol. The molecular formula is C40H50N12O2. The number of hydrogen-bond donors (Lipinski definition) is 3. The van der Waals surface area contributed by atoms with Gasteiger partial charge in [-0.25, -0.2) is 9.97 Å². The Balaban J connectivity index is 0.788. The third kappa shape index (κ3) is 8.73. The van der Waals surface area contributed by atoms with Crippen LogP contribution in [0.3, 0.4) is 0 Å². The van der Waals surface area contributed by atoms with Gasteiger partial charge in [0, 0.05) is 101 Å². The molecule has 0 bridgehead atoms. The minimum absolute atomic E-state index is 0.0291. The van der Waals surface area contributed by atoms with E-state index in [1.807, 2.05) is 41.2 Å². The van der Waals surface area contributed by atoms with Gasteiger partial charge in [0.15, 0.2) is 0 Å². The van der Waals surface area contributed by atoms with E-state index in [2.05, 4.69) is 89.6 Å². The van der Waals surface area contributed by atoms with Gasteiger partial charge in [0.05, 0.1) is 34.4 Å². The van der Waals surface area contributed by atoms with Gasteiger partial charge in [-0.3, -0.25) is 14.4 Å². The number of hydrogen-bond acceptors (Lipinski definition) is 10. The van der Waals surface area contributed by atoms with Crippen molar-refractivity contribution in [3.63, 3.8) is 0 Å². The first-order valence-corrected chi connectivity index (χ1v) is 19.2. The Kier molecular flexibility index (Phi) is 10.8. The first-order valence-electron chi connectivity index (χ1n) is 19.2. The number of carbonyl (C=O) groups is 1. The fourth-order valence-corrected chi connectivity index (χ4v) is 7.16. The zero-order valence-electron chi connectivity index (χ0n) is 31.3. The summed E-state index contributed by atoms with van der Waals surface area (Å²) in [7, 11) is 4.33. The van der Waals surface area contributed by atoms with Crippen LogP contribution in [0.25, 0.3) is 44.8 Å². The van der Waals surface area contributed by atoms with E-state index in [0.717, 1.165) is 128 Å². The highest BCUT2D eigenvalue weighted by atomic mass is 16.5. The molecule has 0 spiro atoms. The summed E-state index contributed by atoms with van der Waals surface area (Å²) in [5, 5.41) is 11.6. The van der Waals surface area contributed by atoms with Gasteiger partial charge in [-0.2, -0.15) is 0 Å². The molecule has 5 heterocycles. The lowest BCUT2D eigenvalue weighted by molar-refractivity contribution is -0.121. The number of nitrogens with one attached hydrogen (secondary N) is 3. The molecule has 0 radical (unpaired) electrons. The number of aryl methyl sites for hydroxylation is 1. The van der Waals surface area contributed by atoms with Gasteiger partial charge in [0.1, 0.15) is 17.4 Å². The number of anilines is 1. The van der Waals surface area contributed by atoms with Crippen molar-refractivity contribution >= 4 is 33.7 Å². The Morgan fingerprint density at radius 1 is 0.796 bits per heavy atom. The van der Waals surface area contributed by atoms with Gasteiger partial charge >= 0.3 is 0 Å². The molecule has 2 aliphatic heterocycles. The molecule has 14 nitrogen and oxygen atoms in total. The van der Waals surface area contributed by atoms with Crippen LogP contribution in [0.15, 0.2) is 66.9 Å². The predicted octanol–water partition coefficient (Wildman–Crippen LogP) is 4.23. The molecular weight excluding hydrogens is 681 g/mol. The number of aromatic amines is 2. The second-order valence-corrected chi connectivity index (χ2v) is 14.6. The number of ether oxygens (including phenoxy) is 1. The molecule has 3 N–H and O–H groups in total. The van der Waals surface area contributed by atoms with Gasteiger partial charge in [0.2, 0.25) is 5.91 Å². The average molecular weight is 731 g/mol. The number of H-pyrrole nitrogens is 2. The Labute approximate surface area is 315 Å². The highest BCUT2D eigenvalue weighted by Gasteiger charge is 2.17. The molecule has 8 rings (SSSR count). The van der Waals surface area contributed by atoms with Crippen LogP contribution in [0.1, 0.15) is 25.0 Å². The summed E-state index contributed by atoms with van der Waals surface area (Å²) in [4.78, 5) is 38.8. The quantitative estimate of drug-likeness (QED) is 0.140. The van der Waals surface area contributed by atoms with Crippen molar-refractivity contribution in [1.82, 2.24) is 54.9 Å². The van der Waals surface area contributed by atoms with Crippen molar-refractivity contribution < 1.29 is 9.53 Å². The molecule has 0 aliphatic carbocycles. The molecule has 2 fully saturated rings. The number of likely N-dealkylation sites (N-methyl/N-ethyl adjacent to an activating group) is 2. The van der Waals surface area contributed by atoms with Crippen LogP contribution in [-0.4, -0.2) is 135 Å². The minimum Gasteiger partial charge on any atom is -0.494 e. The van der Waals surface area contributed by atoms with Gasteiger partial charge in [0.25, 0.3) is 0 Å². The van der Waals surface area contributed by atoms with Crippen LogP contribution in [-0.2, 0) is 17.9 Å². The van der Waals surface area contributed by atoms with Gasteiger partial charge in [-0.1, -0.05) is 17.3 Å². The maximum atomic E-state index is 12.4. The number of amides is 1. The lowest BCUT2D eigenvalue weighted by atomic mass is 10.2. The Hall–Kier alpha value is -5.31. The molecule has 6 aromatic rings. The molecule has 0 unspecified atom stereocenters. The summed E-state index contributed by atoms with van der Waals surface area (Å²) >= 11 is 0. The van der Waals surface area contributed by atoms with E-state index in [1.54, 1.807) is 0 Å². The molecule has 2 aliphatic rings. The zero-order valence-corrected chi connectivity index (χ0v) is 31.3. The van der Waals surface area contributed by atoms with Crippen LogP contribution < -0.4 is 15.0 Å². The van der Waals surface area contributed by atoms with E-state index < -0.39 is 0 Å². The number of aromatic nitrogens is 7. The van der Waals surface area contributed by atoms with E-state index in [1.165, 1.54) is 5.69 Å². The minimum atomic E-state index is 0.0291. The van der Waals surface area contributed by atoms with Crippen LogP contribution >= 0.6 is 0 Å². The average Bonchev–Trinajstić information content (AvgIpc) is 3.94. The fourth-order valence-electron chi connectivity index (χ4n) is 7.16. The largest absolute Gasteiger partial charge is 0.494 e. The maximum absolute atomic E-state index is 12.4. The van der Waals surface area contributed by atoms with Crippen molar-refractivity contribution in [3.05, 3.63) is 72.6 Å². The Morgan fingerprint density at radius 2 is 1.50 bits per heavy atom. The number of piperazine rings is 2. The van der Waals surface area contributed by atoms with Crippen molar-refractivity contribution in [1.29, 1.82) is 0 Å². The van der Waals surface area contributed by atoms with E-state index in [4.69, 9.17) is 14.7 Å². The topological polar surface area (TPSA) is 139 Å². The van der Waals surface area contributed by atoms with Crippen molar-refractivity contribution in [3.8, 4) is 28.5 Å². The smallest absolute Gasteiger partial charge is 0.220 e. The summed E-state index contributed by atoms with van der Waals surface area (Å²) in [5.74, 6) is 2.37. The monoisotopic (exact) mass is 730 g/mol. The summed E-state index contributed by atoms with van der Waals surface area (Å²) in [6, 6.07) is 20.6. The van der Waals surface area contributed by atoms with Crippen LogP contribution in [0.4, 0.5) is 5.69 Å². The van der Waals surface area contributed by atoms with Crippen LogP contribution in [0.2, 0.25) is 0 Å². The SMILES string of the molecule is CN1CCN(Cc2cn(CCCNC(=O)CCCOc3cccc(-c4nc5ccc(-c6nc7ccc(N8CCN(C)CC8)cc7[nH]6)cc5[nH]4)c3)nn2)CC1. The fraction of sp³-hybridized carbons (Fsp3) is 0.425. The van der Waals surface area contributed by atoms with Crippen molar-refractivity contribution in [2.24, 2.45) is 0 Å². The highest BCUT2D eigenvalue weighted by Crippen LogP contribution is 2.29. The molecule has 0 atom stereocenters. The van der Waals surface area contributed by atoms with E-state index >= 15 is 0 Å². The lowest BCUT2D eigenvalue weighted by Gasteiger charge is -2.34. The first-order chi connectivity index (χ1) is 26.4. The van der Waals surface area contributed by atoms with E-state index in [-0.39, 0.29) is 5.91 Å². The Morgan fingerprint density at radius 3 is 2.28 bits per heavy atom. The van der Waals surface area contributed by atoms with Gasteiger partial charge in [-0.05, 0) is 75.5 Å². The van der Waals surface area contributed by atoms with Gasteiger partial charge < -0.3 is 34.7 Å². The van der Waals surface area contributed by atoms with E-state index in [0.29, 0.717) is 26.0 Å². The van der Waals surface area contributed by atoms with Gasteiger partial charge in [-0.15, -0.1) is 5.10 Å². The molecule has 54 heavy (non-hydrogen) atoms. The summed E-state index contributed by atoms with van der Waals surface area (Å²) in [6.45, 7) is 11.1. The molecule has 14 heteroatoms. The lowest BCUT2D eigenvalue weighted by Crippen LogP contribution is -2.44. The molecule has 2 saturated heterocycles. The molecule has 3 aromatic heterocycles. The maximum Gasteiger partial charge on any atom is 0.220 e. The number of nitrogens with zero attached hydrogens (tertiary/aromatic N) is 9. The molecule has 1 amide bonds. The number of benzene rings is 3. The van der Waals surface area contributed by atoms with Crippen molar-refractivity contribution in [2.45, 2.75) is 32.4 Å². The second-order valence-electron chi connectivity index (χ2n) is 14.6. The van der Waals surface area contributed by atoms with E-state index in [9.17, 15) is 4.79 Å². The molecule has 0 saturated carbocycles. The number of rotatable bonds is 14. The Bertz CT molecular complexity index is 2170.